The van der Waals surface area contributed by atoms with Crippen LogP contribution in [-0.4, -0.2) is 0 Å². The summed E-state index contributed by atoms with van der Waals surface area (Å²) in [5.41, 5.74) is 5.19. The van der Waals surface area contributed by atoms with E-state index in [2.05, 4.69) is 80.6 Å². The van der Waals surface area contributed by atoms with E-state index in [9.17, 15) is 0 Å². The Morgan fingerprint density at radius 3 is 2.41 bits per heavy atom. The lowest BCUT2D eigenvalue weighted by Crippen LogP contribution is -2.01. The van der Waals surface area contributed by atoms with Crippen LogP contribution in [0.2, 0.25) is 0 Å². The highest BCUT2D eigenvalue weighted by molar-refractivity contribution is 7.19. The molecule has 2 heteroatoms. The van der Waals surface area contributed by atoms with Crippen molar-refractivity contribution >= 4 is 21.4 Å². The summed E-state index contributed by atoms with van der Waals surface area (Å²) < 4.78 is 7.49. The predicted molar refractivity (Wildman–Crippen MR) is 116 cm³/mol. The number of hydrogen-bond donors (Lipinski definition) is 0. The summed E-state index contributed by atoms with van der Waals surface area (Å²) in [6.45, 7) is 4.98. The van der Waals surface area contributed by atoms with Crippen molar-refractivity contribution < 1.29 is 4.74 Å². The molecular weight excluding hydrogens is 348 g/mol. The largest absolute Gasteiger partial charge is 0.489 e. The predicted octanol–water partition coefficient (Wildman–Crippen LogP) is 6.94. The van der Waals surface area contributed by atoms with E-state index in [0.717, 1.165) is 18.6 Å². The summed E-state index contributed by atoms with van der Waals surface area (Å²) >= 11 is 1.90. The zero-order valence-corrected chi connectivity index (χ0v) is 16.7. The smallest absolute Gasteiger partial charge is 0.123 e. The lowest BCUT2D eigenvalue weighted by molar-refractivity contribution is 0.303. The van der Waals surface area contributed by atoms with Gasteiger partial charge in [-0.1, -0.05) is 61.5 Å². The highest BCUT2D eigenvalue weighted by atomic mass is 32.1. The summed E-state index contributed by atoms with van der Waals surface area (Å²) in [7, 11) is 0. The standard InChI is InChI=1S/C25H24OS/c1-3-20-16-24(26-17-19-9-5-4-6-10-19)18(2)13-22(20)15-23-14-21-11-7-8-12-25(21)27-23/h4-14,16H,3,15,17H2,1-2H3. The van der Waals surface area contributed by atoms with Crippen molar-refractivity contribution in [3.63, 3.8) is 0 Å². The molecular formula is C25H24OS. The molecule has 3 aromatic carbocycles. The van der Waals surface area contributed by atoms with Crippen molar-refractivity contribution in [1.82, 2.24) is 0 Å². The molecule has 0 radical (unpaired) electrons. The quantitative estimate of drug-likeness (QED) is 0.356. The second-order valence-corrected chi connectivity index (χ2v) is 8.11. The number of benzene rings is 3. The SMILES string of the molecule is CCc1cc(OCc2ccccc2)c(C)cc1Cc1cc2ccccc2s1. The van der Waals surface area contributed by atoms with Gasteiger partial charge in [-0.2, -0.15) is 0 Å². The Balaban J connectivity index is 1.57. The van der Waals surface area contributed by atoms with Gasteiger partial charge in [-0.25, -0.2) is 0 Å². The number of fused-ring (bicyclic) bond motifs is 1. The van der Waals surface area contributed by atoms with Gasteiger partial charge in [0, 0.05) is 16.0 Å². The Morgan fingerprint density at radius 2 is 1.63 bits per heavy atom. The molecule has 0 amide bonds. The topological polar surface area (TPSA) is 9.23 Å². The highest BCUT2D eigenvalue weighted by Crippen LogP contribution is 2.31. The van der Waals surface area contributed by atoms with E-state index in [1.165, 1.54) is 37.2 Å². The molecule has 27 heavy (non-hydrogen) atoms. The Bertz CT molecular complexity index is 1010. The zero-order valence-electron chi connectivity index (χ0n) is 15.9. The van der Waals surface area contributed by atoms with Crippen molar-refractivity contribution in [1.29, 1.82) is 0 Å². The normalized spacial score (nSPS) is 11.0. The van der Waals surface area contributed by atoms with E-state index in [1.807, 2.05) is 17.4 Å². The molecule has 4 aromatic rings. The summed E-state index contributed by atoms with van der Waals surface area (Å²) in [6, 6.07) is 25.8. The van der Waals surface area contributed by atoms with Crippen molar-refractivity contribution in [3.05, 3.63) is 99.9 Å². The van der Waals surface area contributed by atoms with Crippen LogP contribution in [-0.2, 0) is 19.4 Å². The minimum absolute atomic E-state index is 0.612. The van der Waals surface area contributed by atoms with Crippen LogP contribution in [0.25, 0.3) is 10.1 Å². The fourth-order valence-corrected chi connectivity index (χ4v) is 4.57. The molecule has 0 saturated carbocycles. The van der Waals surface area contributed by atoms with E-state index >= 15 is 0 Å². The van der Waals surface area contributed by atoms with E-state index < -0.39 is 0 Å². The van der Waals surface area contributed by atoms with Gasteiger partial charge in [0.25, 0.3) is 0 Å². The van der Waals surface area contributed by atoms with Gasteiger partial charge in [0.05, 0.1) is 0 Å². The molecule has 0 bridgehead atoms. The first-order valence-corrected chi connectivity index (χ1v) is 10.3. The molecule has 0 fully saturated rings. The molecule has 0 atom stereocenters. The second-order valence-electron chi connectivity index (χ2n) is 6.94. The number of hydrogen-bond acceptors (Lipinski definition) is 2. The molecule has 136 valence electrons. The van der Waals surface area contributed by atoms with Crippen LogP contribution in [0.3, 0.4) is 0 Å². The molecule has 4 rings (SSSR count). The molecule has 1 nitrogen and oxygen atoms in total. The van der Waals surface area contributed by atoms with Gasteiger partial charge < -0.3 is 4.74 Å². The number of aryl methyl sites for hydroxylation is 2. The van der Waals surface area contributed by atoms with E-state index in [-0.39, 0.29) is 0 Å². The van der Waals surface area contributed by atoms with Crippen LogP contribution in [0.15, 0.2) is 72.8 Å². The minimum Gasteiger partial charge on any atom is -0.489 e. The first kappa shape index (κ1) is 17.8. The van der Waals surface area contributed by atoms with Gasteiger partial charge in [0.2, 0.25) is 0 Å². The molecule has 0 spiro atoms. The zero-order chi connectivity index (χ0) is 18.6. The fraction of sp³-hybridized carbons (Fsp3) is 0.200. The van der Waals surface area contributed by atoms with Gasteiger partial charge in [-0.15, -0.1) is 11.3 Å². The van der Waals surface area contributed by atoms with Crippen LogP contribution in [0.5, 0.6) is 5.75 Å². The maximum atomic E-state index is 6.12. The van der Waals surface area contributed by atoms with Crippen molar-refractivity contribution in [2.75, 3.05) is 0 Å². The number of rotatable bonds is 6. The van der Waals surface area contributed by atoms with E-state index in [1.54, 1.807) is 0 Å². The Kier molecular flexibility index (Phi) is 5.26. The third-order valence-electron chi connectivity index (χ3n) is 4.96. The number of ether oxygens (including phenoxy) is 1. The molecule has 0 aliphatic carbocycles. The summed E-state index contributed by atoms with van der Waals surface area (Å²) in [6.07, 6.45) is 2.00. The Hall–Kier alpha value is -2.58. The average Bonchev–Trinajstić information content (AvgIpc) is 3.10. The second kappa shape index (κ2) is 7.98. The lowest BCUT2D eigenvalue weighted by Gasteiger charge is -2.14. The maximum Gasteiger partial charge on any atom is 0.123 e. The molecule has 0 N–H and O–H groups in total. The van der Waals surface area contributed by atoms with E-state index in [4.69, 9.17) is 4.74 Å². The first-order valence-electron chi connectivity index (χ1n) is 9.49. The molecule has 1 heterocycles. The highest BCUT2D eigenvalue weighted by Gasteiger charge is 2.10. The van der Waals surface area contributed by atoms with Gasteiger partial charge in [-0.05, 0) is 59.2 Å². The summed E-state index contributed by atoms with van der Waals surface area (Å²) in [4.78, 5) is 1.42. The lowest BCUT2D eigenvalue weighted by atomic mass is 9.98. The van der Waals surface area contributed by atoms with Crippen LogP contribution in [0, 0.1) is 6.92 Å². The van der Waals surface area contributed by atoms with Crippen LogP contribution < -0.4 is 4.74 Å². The van der Waals surface area contributed by atoms with Gasteiger partial charge >= 0.3 is 0 Å². The van der Waals surface area contributed by atoms with Crippen molar-refractivity contribution in [2.24, 2.45) is 0 Å². The maximum absolute atomic E-state index is 6.12. The molecule has 0 saturated heterocycles. The third kappa shape index (κ3) is 4.06. The van der Waals surface area contributed by atoms with Crippen LogP contribution in [0.1, 0.15) is 34.1 Å². The fourth-order valence-electron chi connectivity index (χ4n) is 3.49. The molecule has 0 aliphatic heterocycles. The number of thiophene rings is 1. The van der Waals surface area contributed by atoms with Crippen molar-refractivity contribution in [2.45, 2.75) is 33.3 Å². The Labute approximate surface area is 165 Å². The van der Waals surface area contributed by atoms with Gasteiger partial charge in [-0.3, -0.25) is 0 Å². The average molecular weight is 373 g/mol. The Morgan fingerprint density at radius 1 is 0.852 bits per heavy atom. The molecule has 0 unspecified atom stereocenters. The van der Waals surface area contributed by atoms with Crippen LogP contribution in [0.4, 0.5) is 0 Å². The minimum atomic E-state index is 0.612. The third-order valence-corrected chi connectivity index (χ3v) is 6.07. The van der Waals surface area contributed by atoms with E-state index in [0.29, 0.717) is 6.61 Å². The monoisotopic (exact) mass is 372 g/mol. The first-order chi connectivity index (χ1) is 13.2. The molecule has 1 aromatic heterocycles. The van der Waals surface area contributed by atoms with Gasteiger partial charge in [0.1, 0.15) is 12.4 Å². The van der Waals surface area contributed by atoms with Crippen molar-refractivity contribution in [3.8, 4) is 5.75 Å². The summed E-state index contributed by atoms with van der Waals surface area (Å²) in [5.74, 6) is 0.996. The van der Waals surface area contributed by atoms with Gasteiger partial charge in [0.15, 0.2) is 0 Å². The summed E-state index contributed by atoms with van der Waals surface area (Å²) in [5, 5.41) is 1.34. The van der Waals surface area contributed by atoms with Crippen LogP contribution >= 0.6 is 11.3 Å². The molecule has 0 aliphatic rings.